The summed E-state index contributed by atoms with van der Waals surface area (Å²) in [5.74, 6) is -0.281. The van der Waals surface area contributed by atoms with Gasteiger partial charge in [-0.25, -0.2) is 8.42 Å². The third-order valence-corrected chi connectivity index (χ3v) is 4.22. The lowest BCUT2D eigenvalue weighted by atomic mass is 10.1. The minimum absolute atomic E-state index is 0.281. The van der Waals surface area contributed by atoms with Crippen LogP contribution in [0.2, 0.25) is 5.02 Å². The topological polar surface area (TPSA) is 75.3 Å². The molecule has 2 aromatic carbocycles. The summed E-state index contributed by atoms with van der Waals surface area (Å²) in [5, 5.41) is 3.45. The van der Waals surface area contributed by atoms with E-state index in [0.717, 1.165) is 11.8 Å². The molecule has 1 unspecified atom stereocenters. The molecule has 2 rings (SSSR count). The van der Waals surface area contributed by atoms with Crippen molar-refractivity contribution < 1.29 is 13.2 Å². The van der Waals surface area contributed by atoms with Crippen LogP contribution in [0.3, 0.4) is 0 Å². The van der Waals surface area contributed by atoms with Crippen molar-refractivity contribution in [3.05, 3.63) is 70.8 Å². The van der Waals surface area contributed by atoms with E-state index in [4.69, 9.17) is 11.6 Å². The summed E-state index contributed by atoms with van der Waals surface area (Å²) in [7, 11) is -3.40. The highest BCUT2D eigenvalue weighted by Crippen LogP contribution is 2.23. The van der Waals surface area contributed by atoms with Crippen molar-refractivity contribution in [2.45, 2.75) is 13.0 Å². The first-order chi connectivity index (χ1) is 11.7. The van der Waals surface area contributed by atoms with Crippen LogP contribution >= 0.6 is 11.6 Å². The quantitative estimate of drug-likeness (QED) is 0.754. The minimum atomic E-state index is -3.40. The molecular formula is C18H19ClN2O3S. The number of carbonyl (C=O) groups is 1. The highest BCUT2D eigenvalue weighted by Gasteiger charge is 2.14. The average molecular weight is 379 g/mol. The van der Waals surface area contributed by atoms with Gasteiger partial charge in [-0.3, -0.25) is 9.52 Å². The van der Waals surface area contributed by atoms with Gasteiger partial charge in [-0.05, 0) is 42.3 Å². The van der Waals surface area contributed by atoms with Gasteiger partial charge in [0.05, 0.1) is 18.0 Å². The van der Waals surface area contributed by atoms with Gasteiger partial charge in [-0.1, -0.05) is 41.9 Å². The first-order valence-electron chi connectivity index (χ1n) is 7.55. The van der Waals surface area contributed by atoms with Crippen LogP contribution in [-0.4, -0.2) is 20.6 Å². The molecular weight excluding hydrogens is 360 g/mol. The van der Waals surface area contributed by atoms with Crippen molar-refractivity contribution >= 4 is 39.3 Å². The summed E-state index contributed by atoms with van der Waals surface area (Å²) in [6.45, 7) is 1.79. The maximum absolute atomic E-state index is 12.1. The van der Waals surface area contributed by atoms with E-state index in [1.165, 1.54) is 6.08 Å². The number of benzene rings is 2. The highest BCUT2D eigenvalue weighted by molar-refractivity contribution is 7.92. The van der Waals surface area contributed by atoms with Crippen LogP contribution in [0.1, 0.15) is 24.1 Å². The summed E-state index contributed by atoms with van der Waals surface area (Å²) in [4.78, 5) is 12.1. The van der Waals surface area contributed by atoms with E-state index in [0.29, 0.717) is 16.3 Å². The summed E-state index contributed by atoms with van der Waals surface area (Å²) < 4.78 is 25.4. The van der Waals surface area contributed by atoms with Crippen molar-refractivity contribution in [1.82, 2.24) is 5.32 Å². The Hall–Kier alpha value is -2.31. The number of anilines is 1. The molecule has 2 N–H and O–H groups in total. The Morgan fingerprint density at radius 1 is 1.12 bits per heavy atom. The molecule has 0 spiro atoms. The van der Waals surface area contributed by atoms with Crippen molar-refractivity contribution in [1.29, 1.82) is 0 Å². The Labute approximate surface area is 152 Å². The van der Waals surface area contributed by atoms with E-state index in [2.05, 4.69) is 10.0 Å². The summed E-state index contributed by atoms with van der Waals surface area (Å²) in [6.07, 6.45) is 4.19. The summed E-state index contributed by atoms with van der Waals surface area (Å²) in [5.41, 5.74) is 1.98. The molecule has 132 valence electrons. The first kappa shape index (κ1) is 19.0. The van der Waals surface area contributed by atoms with Crippen LogP contribution in [0.5, 0.6) is 0 Å². The monoisotopic (exact) mass is 378 g/mol. The number of amides is 1. The second-order valence-electron chi connectivity index (χ2n) is 5.58. The van der Waals surface area contributed by atoms with Crippen molar-refractivity contribution in [2.24, 2.45) is 0 Å². The third kappa shape index (κ3) is 6.25. The second-order valence-corrected chi connectivity index (χ2v) is 7.76. The molecule has 0 heterocycles. The molecule has 0 aromatic heterocycles. The molecule has 1 amide bonds. The maximum atomic E-state index is 12.1. The van der Waals surface area contributed by atoms with Crippen LogP contribution in [0.4, 0.5) is 5.69 Å². The van der Waals surface area contributed by atoms with Crippen LogP contribution in [0.15, 0.2) is 54.6 Å². The fourth-order valence-corrected chi connectivity index (χ4v) is 2.96. The molecule has 0 bridgehead atoms. The van der Waals surface area contributed by atoms with E-state index < -0.39 is 10.0 Å². The van der Waals surface area contributed by atoms with Gasteiger partial charge in [0.15, 0.2) is 0 Å². The molecule has 5 nitrogen and oxygen atoms in total. The summed E-state index contributed by atoms with van der Waals surface area (Å²) in [6, 6.07) is 13.7. The van der Waals surface area contributed by atoms with E-state index in [-0.39, 0.29) is 11.9 Å². The van der Waals surface area contributed by atoms with Crippen LogP contribution < -0.4 is 10.0 Å². The average Bonchev–Trinajstić information content (AvgIpc) is 2.53. The SMILES string of the molecule is CC(NC(=O)C=Cc1ccc(Cl)cc1)c1ccccc1NS(C)(=O)=O. The van der Waals surface area contributed by atoms with Gasteiger partial charge in [0.25, 0.3) is 0 Å². The molecule has 0 aliphatic carbocycles. The molecule has 7 heteroatoms. The number of carbonyl (C=O) groups excluding carboxylic acids is 1. The number of para-hydroxylation sites is 1. The lowest BCUT2D eigenvalue weighted by Crippen LogP contribution is -2.25. The molecule has 0 saturated carbocycles. The van der Waals surface area contributed by atoms with Gasteiger partial charge in [-0.2, -0.15) is 0 Å². The molecule has 0 aliphatic rings. The molecule has 0 saturated heterocycles. The normalized spacial score (nSPS) is 12.8. The van der Waals surface area contributed by atoms with E-state index >= 15 is 0 Å². The van der Waals surface area contributed by atoms with Gasteiger partial charge in [0, 0.05) is 11.1 Å². The van der Waals surface area contributed by atoms with E-state index in [1.54, 1.807) is 61.5 Å². The van der Waals surface area contributed by atoms with Crippen LogP contribution in [-0.2, 0) is 14.8 Å². The number of sulfonamides is 1. The Bertz CT molecular complexity index is 877. The van der Waals surface area contributed by atoms with Gasteiger partial charge < -0.3 is 5.32 Å². The number of hydrogen-bond donors (Lipinski definition) is 2. The zero-order valence-corrected chi connectivity index (χ0v) is 15.4. The number of hydrogen-bond acceptors (Lipinski definition) is 3. The van der Waals surface area contributed by atoms with Crippen molar-refractivity contribution in [2.75, 3.05) is 11.0 Å². The minimum Gasteiger partial charge on any atom is -0.346 e. The van der Waals surface area contributed by atoms with Gasteiger partial charge in [0.2, 0.25) is 15.9 Å². The van der Waals surface area contributed by atoms with Crippen molar-refractivity contribution in [3.63, 3.8) is 0 Å². The molecule has 1 atom stereocenters. The Balaban J connectivity index is 2.07. The molecule has 0 aliphatic heterocycles. The smallest absolute Gasteiger partial charge is 0.244 e. The fourth-order valence-electron chi connectivity index (χ4n) is 2.25. The fraction of sp³-hybridized carbons (Fsp3) is 0.167. The van der Waals surface area contributed by atoms with Crippen LogP contribution in [0.25, 0.3) is 6.08 Å². The van der Waals surface area contributed by atoms with E-state index in [9.17, 15) is 13.2 Å². The van der Waals surface area contributed by atoms with Crippen LogP contribution in [0, 0.1) is 0 Å². The standard InChI is InChI=1S/C18H19ClN2O3S/c1-13(16-5-3-4-6-17(16)21-25(2,23)24)20-18(22)12-9-14-7-10-15(19)11-8-14/h3-13,21H,1-2H3,(H,20,22). The third-order valence-electron chi connectivity index (χ3n) is 3.38. The Morgan fingerprint density at radius 3 is 2.40 bits per heavy atom. The zero-order valence-electron chi connectivity index (χ0n) is 13.9. The molecule has 0 radical (unpaired) electrons. The Kier molecular flexibility index (Phi) is 6.22. The lowest BCUT2D eigenvalue weighted by molar-refractivity contribution is -0.117. The van der Waals surface area contributed by atoms with Crippen molar-refractivity contribution in [3.8, 4) is 0 Å². The maximum Gasteiger partial charge on any atom is 0.244 e. The van der Waals surface area contributed by atoms with Gasteiger partial charge >= 0.3 is 0 Å². The molecule has 2 aromatic rings. The number of rotatable bonds is 6. The molecule has 25 heavy (non-hydrogen) atoms. The molecule has 0 fully saturated rings. The second kappa shape index (κ2) is 8.18. The van der Waals surface area contributed by atoms with Gasteiger partial charge in [-0.15, -0.1) is 0 Å². The summed E-state index contributed by atoms with van der Waals surface area (Å²) >= 11 is 5.82. The zero-order chi connectivity index (χ0) is 18.4. The first-order valence-corrected chi connectivity index (χ1v) is 9.82. The number of halogens is 1. The van der Waals surface area contributed by atoms with E-state index in [1.807, 2.05) is 0 Å². The number of nitrogens with one attached hydrogen (secondary N) is 2. The predicted octanol–water partition coefficient (Wildman–Crippen LogP) is 3.60. The lowest BCUT2D eigenvalue weighted by Gasteiger charge is -2.17. The highest BCUT2D eigenvalue weighted by atomic mass is 35.5. The predicted molar refractivity (Wildman–Crippen MR) is 102 cm³/mol. The largest absolute Gasteiger partial charge is 0.346 e. The van der Waals surface area contributed by atoms with Gasteiger partial charge in [0.1, 0.15) is 0 Å². The Morgan fingerprint density at radius 2 is 1.76 bits per heavy atom.